The van der Waals surface area contributed by atoms with E-state index in [1.54, 1.807) is 17.4 Å². The molecular formula is C12H14N4OS. The molecular weight excluding hydrogens is 248 g/mol. The van der Waals surface area contributed by atoms with E-state index in [1.807, 2.05) is 16.3 Å². The molecule has 1 aliphatic rings. The van der Waals surface area contributed by atoms with Crippen molar-refractivity contribution < 1.29 is 4.79 Å². The minimum Gasteiger partial charge on any atom is -0.382 e. The molecule has 0 aromatic carbocycles. The summed E-state index contributed by atoms with van der Waals surface area (Å²) in [6, 6.07) is 6.01. The molecule has 1 fully saturated rings. The molecule has 0 saturated heterocycles. The average molecular weight is 262 g/mol. The molecule has 5 nitrogen and oxygen atoms in total. The van der Waals surface area contributed by atoms with Crippen LogP contribution < -0.4 is 5.73 Å². The SMILES string of the molecule is Nc1cc(C(=O)N(Cc2cccs2)C2CC2)[nH]n1. The van der Waals surface area contributed by atoms with Gasteiger partial charge in [-0.1, -0.05) is 6.07 Å². The third-order valence-electron chi connectivity index (χ3n) is 2.98. The van der Waals surface area contributed by atoms with E-state index >= 15 is 0 Å². The molecule has 6 heteroatoms. The van der Waals surface area contributed by atoms with Crippen molar-refractivity contribution in [3.63, 3.8) is 0 Å². The quantitative estimate of drug-likeness (QED) is 0.883. The summed E-state index contributed by atoms with van der Waals surface area (Å²) in [5.41, 5.74) is 6.00. The molecule has 0 unspecified atom stereocenters. The summed E-state index contributed by atoms with van der Waals surface area (Å²) < 4.78 is 0. The van der Waals surface area contributed by atoms with Crippen molar-refractivity contribution in [1.29, 1.82) is 0 Å². The number of nitrogens with one attached hydrogen (secondary N) is 1. The standard InChI is InChI=1S/C12H14N4OS/c13-11-6-10(14-15-11)12(17)16(8-3-4-8)7-9-2-1-5-18-9/h1-2,5-6,8H,3-4,7H2,(H3,13,14,15). The highest BCUT2D eigenvalue weighted by molar-refractivity contribution is 7.09. The molecule has 94 valence electrons. The van der Waals surface area contributed by atoms with Crippen molar-refractivity contribution in [2.24, 2.45) is 0 Å². The number of hydrogen-bond donors (Lipinski definition) is 2. The lowest BCUT2D eigenvalue weighted by Crippen LogP contribution is -2.32. The third kappa shape index (κ3) is 2.24. The monoisotopic (exact) mass is 262 g/mol. The largest absolute Gasteiger partial charge is 0.382 e. The Balaban J connectivity index is 1.79. The van der Waals surface area contributed by atoms with E-state index in [0.717, 1.165) is 12.8 Å². The second-order valence-corrected chi connectivity index (χ2v) is 5.48. The zero-order valence-electron chi connectivity index (χ0n) is 9.80. The number of thiophene rings is 1. The van der Waals surface area contributed by atoms with E-state index in [2.05, 4.69) is 16.3 Å². The van der Waals surface area contributed by atoms with Crippen LogP contribution in [-0.2, 0) is 6.54 Å². The second kappa shape index (κ2) is 4.45. The van der Waals surface area contributed by atoms with Gasteiger partial charge in [0.15, 0.2) is 0 Å². The molecule has 2 aromatic heterocycles. The van der Waals surface area contributed by atoms with Crippen LogP contribution in [0.25, 0.3) is 0 Å². The van der Waals surface area contributed by atoms with Gasteiger partial charge in [-0.15, -0.1) is 11.3 Å². The lowest BCUT2D eigenvalue weighted by atomic mass is 10.3. The molecule has 2 aromatic rings. The number of nitrogen functional groups attached to an aromatic ring is 1. The first-order chi connectivity index (χ1) is 8.74. The molecule has 0 spiro atoms. The second-order valence-electron chi connectivity index (χ2n) is 4.45. The Morgan fingerprint density at radius 3 is 3.00 bits per heavy atom. The number of aromatic nitrogens is 2. The van der Waals surface area contributed by atoms with Gasteiger partial charge in [0, 0.05) is 17.0 Å². The highest BCUT2D eigenvalue weighted by atomic mass is 32.1. The van der Waals surface area contributed by atoms with E-state index in [1.165, 1.54) is 4.88 Å². The van der Waals surface area contributed by atoms with E-state index in [4.69, 9.17) is 5.73 Å². The number of aromatic amines is 1. The highest BCUT2D eigenvalue weighted by Gasteiger charge is 2.33. The highest BCUT2D eigenvalue weighted by Crippen LogP contribution is 2.30. The molecule has 0 atom stereocenters. The maximum atomic E-state index is 12.4. The summed E-state index contributed by atoms with van der Waals surface area (Å²) in [6.45, 7) is 0.667. The minimum absolute atomic E-state index is 0.0184. The Labute approximate surface area is 109 Å². The van der Waals surface area contributed by atoms with E-state index in [0.29, 0.717) is 24.1 Å². The van der Waals surface area contributed by atoms with Crippen molar-refractivity contribution in [1.82, 2.24) is 15.1 Å². The van der Waals surface area contributed by atoms with Gasteiger partial charge in [-0.3, -0.25) is 9.89 Å². The number of hydrogen-bond acceptors (Lipinski definition) is 4. The van der Waals surface area contributed by atoms with Crippen LogP contribution in [0.1, 0.15) is 28.2 Å². The van der Waals surface area contributed by atoms with Crippen molar-refractivity contribution >= 4 is 23.1 Å². The minimum atomic E-state index is -0.0184. The van der Waals surface area contributed by atoms with Gasteiger partial charge in [-0.25, -0.2) is 0 Å². The van der Waals surface area contributed by atoms with Crippen LogP contribution in [0, 0.1) is 0 Å². The number of H-pyrrole nitrogens is 1. The fourth-order valence-electron chi connectivity index (χ4n) is 1.92. The first-order valence-electron chi connectivity index (χ1n) is 5.88. The van der Waals surface area contributed by atoms with Crippen LogP contribution >= 0.6 is 11.3 Å². The van der Waals surface area contributed by atoms with Gasteiger partial charge < -0.3 is 10.6 Å². The number of carbonyl (C=O) groups excluding carboxylic acids is 1. The first-order valence-corrected chi connectivity index (χ1v) is 6.76. The normalized spacial score (nSPS) is 14.7. The summed E-state index contributed by atoms with van der Waals surface area (Å²) in [6.07, 6.45) is 2.17. The smallest absolute Gasteiger partial charge is 0.272 e. The molecule has 1 amide bonds. The van der Waals surface area contributed by atoms with Gasteiger partial charge in [-0.2, -0.15) is 5.10 Å². The van der Waals surface area contributed by atoms with Crippen LogP contribution in [0.15, 0.2) is 23.6 Å². The fourth-order valence-corrected chi connectivity index (χ4v) is 2.63. The zero-order chi connectivity index (χ0) is 12.5. The van der Waals surface area contributed by atoms with E-state index < -0.39 is 0 Å². The molecule has 3 rings (SSSR count). The summed E-state index contributed by atoms with van der Waals surface area (Å²) in [7, 11) is 0. The van der Waals surface area contributed by atoms with Gasteiger partial charge in [0.25, 0.3) is 5.91 Å². The topological polar surface area (TPSA) is 75.0 Å². The number of carbonyl (C=O) groups is 1. The van der Waals surface area contributed by atoms with Crippen molar-refractivity contribution in [2.75, 3.05) is 5.73 Å². The maximum Gasteiger partial charge on any atom is 0.272 e. The number of amides is 1. The number of anilines is 1. The van der Waals surface area contributed by atoms with Crippen LogP contribution in [-0.4, -0.2) is 27.0 Å². The molecule has 0 aliphatic heterocycles. The lowest BCUT2D eigenvalue weighted by Gasteiger charge is -2.20. The van der Waals surface area contributed by atoms with Crippen molar-refractivity contribution in [2.45, 2.75) is 25.4 Å². The maximum absolute atomic E-state index is 12.4. The lowest BCUT2D eigenvalue weighted by molar-refractivity contribution is 0.0725. The van der Waals surface area contributed by atoms with E-state index in [9.17, 15) is 4.79 Å². The Hall–Kier alpha value is -1.82. The third-order valence-corrected chi connectivity index (χ3v) is 3.84. The Morgan fingerprint density at radius 2 is 2.44 bits per heavy atom. The number of nitrogens with two attached hydrogens (primary N) is 1. The van der Waals surface area contributed by atoms with Crippen LogP contribution in [0.3, 0.4) is 0 Å². The molecule has 2 heterocycles. The Bertz CT molecular complexity index is 544. The fraction of sp³-hybridized carbons (Fsp3) is 0.333. The van der Waals surface area contributed by atoms with Crippen molar-refractivity contribution in [3.8, 4) is 0 Å². The van der Waals surface area contributed by atoms with Crippen LogP contribution in [0.4, 0.5) is 5.82 Å². The molecule has 1 saturated carbocycles. The summed E-state index contributed by atoms with van der Waals surface area (Å²) >= 11 is 1.67. The molecule has 18 heavy (non-hydrogen) atoms. The van der Waals surface area contributed by atoms with Gasteiger partial charge in [0.2, 0.25) is 0 Å². The molecule has 0 bridgehead atoms. The molecule has 3 N–H and O–H groups in total. The van der Waals surface area contributed by atoms with Gasteiger partial charge >= 0.3 is 0 Å². The molecule has 0 radical (unpaired) electrons. The van der Waals surface area contributed by atoms with E-state index in [-0.39, 0.29) is 5.91 Å². The Morgan fingerprint density at radius 1 is 1.61 bits per heavy atom. The Kier molecular flexibility index (Phi) is 2.79. The molecule has 1 aliphatic carbocycles. The summed E-state index contributed by atoms with van der Waals surface area (Å²) in [5.74, 6) is 0.334. The zero-order valence-corrected chi connectivity index (χ0v) is 10.6. The van der Waals surface area contributed by atoms with Gasteiger partial charge in [0.05, 0.1) is 6.54 Å². The van der Waals surface area contributed by atoms with Crippen LogP contribution in [0.2, 0.25) is 0 Å². The van der Waals surface area contributed by atoms with Crippen LogP contribution in [0.5, 0.6) is 0 Å². The summed E-state index contributed by atoms with van der Waals surface area (Å²) in [4.78, 5) is 15.5. The predicted octanol–water partition coefficient (Wildman–Crippen LogP) is 1.86. The number of nitrogens with zero attached hydrogens (tertiary/aromatic N) is 2. The predicted molar refractivity (Wildman–Crippen MR) is 70.2 cm³/mol. The first kappa shape index (κ1) is 11.3. The van der Waals surface area contributed by atoms with Gasteiger partial charge in [0.1, 0.15) is 11.5 Å². The average Bonchev–Trinajstić information content (AvgIpc) is 2.88. The van der Waals surface area contributed by atoms with Gasteiger partial charge in [-0.05, 0) is 24.3 Å². The van der Waals surface area contributed by atoms with Crippen molar-refractivity contribution in [3.05, 3.63) is 34.2 Å². The summed E-state index contributed by atoms with van der Waals surface area (Å²) in [5, 5.41) is 8.52. The number of rotatable bonds is 4.